The van der Waals surface area contributed by atoms with E-state index in [1.165, 1.54) is 10.8 Å². The molecule has 0 fully saturated rings. The summed E-state index contributed by atoms with van der Waals surface area (Å²) in [4.78, 5) is 9.92. The quantitative estimate of drug-likeness (QED) is 0.242. The van der Waals surface area contributed by atoms with Crippen molar-refractivity contribution >= 4 is 32.7 Å². The molecule has 0 aliphatic carbocycles. The van der Waals surface area contributed by atoms with Gasteiger partial charge in [-0.3, -0.25) is 4.57 Å². The summed E-state index contributed by atoms with van der Waals surface area (Å²) in [6.45, 7) is 0. The van der Waals surface area contributed by atoms with Gasteiger partial charge in [-0.2, -0.15) is 0 Å². The Morgan fingerprint density at radius 2 is 1.29 bits per heavy atom. The fraction of sp³-hybridized carbons (Fsp3) is 0. The number of aromatic hydroxyl groups is 1. The molecule has 0 bridgehead atoms. The van der Waals surface area contributed by atoms with Crippen LogP contribution in [0.3, 0.4) is 0 Å². The Hall–Kier alpha value is -5.74. The molecule has 1 N–H and O–H groups in total. The summed E-state index contributed by atoms with van der Waals surface area (Å²) in [5, 5.41) is 15.4. The molecule has 0 saturated heterocycles. The number of pyridine rings is 2. The number of phenols is 1. The van der Waals surface area contributed by atoms with Gasteiger partial charge in [0.25, 0.3) is 0 Å². The molecule has 0 amide bonds. The summed E-state index contributed by atoms with van der Waals surface area (Å²) in [6, 6.07) is 47.4. The van der Waals surface area contributed by atoms with Crippen LogP contribution < -0.4 is 0 Å². The Morgan fingerprint density at radius 1 is 0.524 bits per heavy atom. The van der Waals surface area contributed by atoms with Crippen molar-refractivity contribution in [2.75, 3.05) is 0 Å². The maximum absolute atomic E-state index is 10.8. The topological polar surface area (TPSA) is 50.9 Å². The van der Waals surface area contributed by atoms with Crippen molar-refractivity contribution in [3.63, 3.8) is 0 Å². The van der Waals surface area contributed by atoms with Gasteiger partial charge < -0.3 is 5.11 Å². The normalized spacial score (nSPS) is 11.4. The molecule has 42 heavy (non-hydrogen) atoms. The van der Waals surface area contributed by atoms with Crippen LogP contribution in [-0.4, -0.2) is 19.6 Å². The van der Waals surface area contributed by atoms with Crippen molar-refractivity contribution in [2.45, 2.75) is 0 Å². The first-order valence-corrected chi connectivity index (χ1v) is 14.0. The molecular weight excluding hydrogens is 514 g/mol. The number of hydrogen-bond acceptors (Lipinski definition) is 3. The van der Waals surface area contributed by atoms with E-state index in [9.17, 15) is 5.11 Å². The maximum Gasteiger partial charge on any atom is 0.146 e. The molecule has 0 saturated carbocycles. The van der Waals surface area contributed by atoms with E-state index in [0.29, 0.717) is 0 Å². The van der Waals surface area contributed by atoms with E-state index in [1.54, 1.807) is 6.07 Å². The van der Waals surface area contributed by atoms with E-state index >= 15 is 0 Å². The van der Waals surface area contributed by atoms with Crippen molar-refractivity contribution < 1.29 is 5.11 Å². The smallest absolute Gasteiger partial charge is 0.146 e. The minimum Gasteiger partial charge on any atom is -0.507 e. The number of rotatable bonds is 4. The standard InChI is InChI=1S/C38H25N3O/c42-36-16-6-4-11-31(36)29-22-28(27-19-18-25-9-1-2-10-26(25)21-27)23-30(24-29)34-14-7-17-37(40-34)41-35-15-5-3-12-32(35)33-13-8-20-39-38(33)41/h1-24,42H. The van der Waals surface area contributed by atoms with Crippen molar-refractivity contribution in [2.24, 2.45) is 0 Å². The molecule has 0 unspecified atom stereocenters. The molecular formula is C38H25N3O. The van der Waals surface area contributed by atoms with E-state index in [4.69, 9.17) is 9.97 Å². The number of phenolic OH excluding ortho intramolecular Hbond substituents is 1. The van der Waals surface area contributed by atoms with E-state index in [1.807, 2.05) is 54.7 Å². The predicted molar refractivity (Wildman–Crippen MR) is 172 cm³/mol. The van der Waals surface area contributed by atoms with E-state index in [-0.39, 0.29) is 5.75 Å². The van der Waals surface area contributed by atoms with Gasteiger partial charge >= 0.3 is 0 Å². The number of hydrogen-bond donors (Lipinski definition) is 1. The second-order valence-corrected chi connectivity index (χ2v) is 10.5. The minimum atomic E-state index is 0.247. The van der Waals surface area contributed by atoms with Crippen LogP contribution in [0.2, 0.25) is 0 Å². The van der Waals surface area contributed by atoms with Crippen LogP contribution >= 0.6 is 0 Å². The fourth-order valence-corrected chi connectivity index (χ4v) is 5.92. The lowest BCUT2D eigenvalue weighted by atomic mass is 9.93. The molecule has 4 heteroatoms. The number of nitrogens with zero attached hydrogens (tertiary/aromatic N) is 3. The van der Waals surface area contributed by atoms with Gasteiger partial charge in [0.2, 0.25) is 0 Å². The number of para-hydroxylation sites is 2. The highest BCUT2D eigenvalue weighted by atomic mass is 16.3. The first-order chi connectivity index (χ1) is 20.7. The maximum atomic E-state index is 10.8. The molecule has 3 heterocycles. The van der Waals surface area contributed by atoms with Crippen LogP contribution in [0.5, 0.6) is 5.75 Å². The average molecular weight is 540 g/mol. The van der Waals surface area contributed by atoms with Crippen LogP contribution in [-0.2, 0) is 0 Å². The van der Waals surface area contributed by atoms with Gasteiger partial charge in [0.05, 0.1) is 11.2 Å². The molecule has 8 aromatic rings. The van der Waals surface area contributed by atoms with Crippen molar-refractivity contribution in [1.29, 1.82) is 0 Å². The average Bonchev–Trinajstić information content (AvgIpc) is 3.39. The molecule has 0 aliphatic rings. The second kappa shape index (κ2) is 9.72. The summed E-state index contributed by atoms with van der Waals surface area (Å²) >= 11 is 0. The molecule has 0 radical (unpaired) electrons. The van der Waals surface area contributed by atoms with Gasteiger partial charge in [0.15, 0.2) is 0 Å². The molecule has 8 rings (SSSR count). The van der Waals surface area contributed by atoms with Crippen LogP contribution in [0.25, 0.3) is 72.0 Å². The summed E-state index contributed by atoms with van der Waals surface area (Å²) in [6.07, 6.45) is 1.83. The SMILES string of the molecule is Oc1ccccc1-c1cc(-c2ccc3ccccc3c2)cc(-c2cccc(-n3c4ccccc4c4cccnc43)n2)c1. The van der Waals surface area contributed by atoms with Crippen molar-refractivity contribution in [1.82, 2.24) is 14.5 Å². The Balaban J connectivity index is 1.34. The van der Waals surface area contributed by atoms with E-state index < -0.39 is 0 Å². The molecule has 4 nitrogen and oxygen atoms in total. The van der Waals surface area contributed by atoms with E-state index in [2.05, 4.69) is 89.5 Å². The highest BCUT2D eigenvalue weighted by Crippen LogP contribution is 2.37. The lowest BCUT2D eigenvalue weighted by Gasteiger charge is -2.13. The van der Waals surface area contributed by atoms with E-state index in [0.717, 1.165) is 61.3 Å². The zero-order valence-corrected chi connectivity index (χ0v) is 22.6. The minimum absolute atomic E-state index is 0.247. The lowest BCUT2D eigenvalue weighted by molar-refractivity contribution is 0.477. The fourth-order valence-electron chi connectivity index (χ4n) is 5.92. The first-order valence-electron chi connectivity index (χ1n) is 14.0. The molecule has 0 spiro atoms. The van der Waals surface area contributed by atoms with Gasteiger partial charge in [-0.1, -0.05) is 78.9 Å². The third kappa shape index (κ3) is 4.01. The predicted octanol–water partition coefficient (Wildman–Crippen LogP) is 9.43. The molecule has 3 aromatic heterocycles. The number of benzene rings is 5. The molecule has 0 aliphatic heterocycles. The van der Waals surface area contributed by atoms with Crippen molar-refractivity contribution in [3.8, 4) is 45.1 Å². The van der Waals surface area contributed by atoms with Gasteiger partial charge in [-0.25, -0.2) is 9.97 Å². The molecule has 5 aromatic carbocycles. The number of fused-ring (bicyclic) bond motifs is 4. The summed E-state index contributed by atoms with van der Waals surface area (Å²) < 4.78 is 2.13. The van der Waals surface area contributed by atoms with Gasteiger partial charge in [0.1, 0.15) is 17.2 Å². The van der Waals surface area contributed by atoms with Crippen LogP contribution in [0, 0.1) is 0 Å². The summed E-state index contributed by atoms with van der Waals surface area (Å²) in [5.41, 5.74) is 7.63. The molecule has 0 atom stereocenters. The summed E-state index contributed by atoms with van der Waals surface area (Å²) in [5.74, 6) is 1.05. The first kappa shape index (κ1) is 24.1. The van der Waals surface area contributed by atoms with Crippen LogP contribution in [0.15, 0.2) is 146 Å². The van der Waals surface area contributed by atoms with Crippen molar-refractivity contribution in [3.05, 3.63) is 146 Å². The van der Waals surface area contributed by atoms with Crippen LogP contribution in [0.1, 0.15) is 0 Å². The Bertz CT molecular complexity index is 2230. The Labute approximate surface area is 242 Å². The van der Waals surface area contributed by atoms with Crippen LogP contribution in [0.4, 0.5) is 0 Å². The second-order valence-electron chi connectivity index (χ2n) is 10.5. The zero-order valence-electron chi connectivity index (χ0n) is 22.6. The zero-order chi connectivity index (χ0) is 28.0. The third-order valence-corrected chi connectivity index (χ3v) is 7.92. The molecule has 198 valence electrons. The highest BCUT2D eigenvalue weighted by Gasteiger charge is 2.15. The third-order valence-electron chi connectivity index (χ3n) is 7.92. The lowest BCUT2D eigenvalue weighted by Crippen LogP contribution is -1.99. The van der Waals surface area contributed by atoms with Gasteiger partial charge in [0, 0.05) is 28.1 Å². The largest absolute Gasteiger partial charge is 0.507 e. The monoisotopic (exact) mass is 539 g/mol. The highest BCUT2D eigenvalue weighted by molar-refractivity contribution is 6.07. The summed E-state index contributed by atoms with van der Waals surface area (Å²) in [7, 11) is 0. The number of aromatic nitrogens is 3. The van der Waals surface area contributed by atoms with Gasteiger partial charge in [-0.15, -0.1) is 0 Å². The van der Waals surface area contributed by atoms with Gasteiger partial charge in [-0.05, 0) is 88.1 Å². The Kier molecular flexibility index (Phi) is 5.57. The Morgan fingerprint density at radius 3 is 2.21 bits per heavy atom.